The molecule has 0 atom stereocenters. The first-order valence-electron chi connectivity index (χ1n) is 8.33. The van der Waals surface area contributed by atoms with Crippen molar-refractivity contribution in [3.8, 4) is 11.8 Å². The van der Waals surface area contributed by atoms with Crippen LogP contribution in [0.15, 0.2) is 52.2 Å². The zero-order valence-corrected chi connectivity index (χ0v) is 16.2. The number of aromatic nitrogens is 2. The number of fused-ring (bicyclic) bond motifs is 1. The standard InChI is InChI=1S/C20H17N3O4S/c1-26-17-11-13(28-2)7-8-15(17)20(25)27-12-18-22-16-6-4-3-5-14(16)19(24)23(18)10-9-21/h3-8,11H,10,12H2,1-2H3. The van der Waals surface area contributed by atoms with Crippen LogP contribution in [-0.4, -0.2) is 28.9 Å². The molecule has 0 N–H and O–H groups in total. The Kier molecular flexibility index (Phi) is 5.96. The first-order valence-corrected chi connectivity index (χ1v) is 9.56. The van der Waals surface area contributed by atoms with Crippen molar-refractivity contribution in [1.82, 2.24) is 9.55 Å². The molecule has 0 saturated carbocycles. The molecule has 0 fully saturated rings. The van der Waals surface area contributed by atoms with Crippen LogP contribution in [-0.2, 0) is 17.9 Å². The summed E-state index contributed by atoms with van der Waals surface area (Å²) in [6.07, 6.45) is 1.92. The highest BCUT2D eigenvalue weighted by Gasteiger charge is 2.17. The van der Waals surface area contributed by atoms with E-state index in [1.54, 1.807) is 42.5 Å². The maximum absolute atomic E-state index is 12.6. The molecule has 2 aromatic carbocycles. The number of benzene rings is 2. The van der Waals surface area contributed by atoms with Crippen molar-refractivity contribution in [2.75, 3.05) is 13.4 Å². The monoisotopic (exact) mass is 395 g/mol. The van der Waals surface area contributed by atoms with Gasteiger partial charge in [-0.2, -0.15) is 5.26 Å². The zero-order valence-electron chi connectivity index (χ0n) is 15.3. The fourth-order valence-corrected chi connectivity index (χ4v) is 3.16. The van der Waals surface area contributed by atoms with Crippen LogP contribution < -0.4 is 10.3 Å². The summed E-state index contributed by atoms with van der Waals surface area (Å²) < 4.78 is 11.8. The van der Waals surface area contributed by atoms with Crippen molar-refractivity contribution >= 4 is 28.6 Å². The van der Waals surface area contributed by atoms with Gasteiger partial charge < -0.3 is 9.47 Å². The molecule has 0 unspecified atom stereocenters. The molecule has 1 heterocycles. The third-order valence-corrected chi connectivity index (χ3v) is 4.86. The number of thioether (sulfide) groups is 1. The summed E-state index contributed by atoms with van der Waals surface area (Å²) >= 11 is 1.53. The molecule has 0 saturated heterocycles. The van der Waals surface area contributed by atoms with Crippen LogP contribution in [0.4, 0.5) is 0 Å². The molecule has 0 radical (unpaired) electrons. The summed E-state index contributed by atoms with van der Waals surface area (Å²) in [7, 11) is 1.48. The lowest BCUT2D eigenvalue weighted by Gasteiger charge is -2.13. The summed E-state index contributed by atoms with van der Waals surface area (Å²) in [6, 6.07) is 13.9. The highest BCUT2D eigenvalue weighted by molar-refractivity contribution is 7.98. The molecule has 0 aliphatic rings. The summed E-state index contributed by atoms with van der Waals surface area (Å²) in [5.41, 5.74) is 0.407. The van der Waals surface area contributed by atoms with Gasteiger partial charge in [0.15, 0.2) is 5.82 Å². The molecule has 0 bridgehead atoms. The summed E-state index contributed by atoms with van der Waals surface area (Å²) in [5.74, 6) is 0.00598. The molecule has 28 heavy (non-hydrogen) atoms. The number of carbonyl (C=O) groups is 1. The van der Waals surface area contributed by atoms with Crippen LogP contribution in [0.25, 0.3) is 10.9 Å². The van der Waals surface area contributed by atoms with E-state index < -0.39 is 5.97 Å². The number of methoxy groups -OCH3 is 1. The van der Waals surface area contributed by atoms with Gasteiger partial charge in [-0.1, -0.05) is 12.1 Å². The number of hydrogen-bond donors (Lipinski definition) is 0. The van der Waals surface area contributed by atoms with E-state index in [0.29, 0.717) is 16.7 Å². The van der Waals surface area contributed by atoms with Crippen LogP contribution in [0.1, 0.15) is 16.2 Å². The molecule has 0 aliphatic heterocycles. The number of carbonyl (C=O) groups excluding carboxylic acids is 1. The van der Waals surface area contributed by atoms with E-state index in [4.69, 9.17) is 14.7 Å². The largest absolute Gasteiger partial charge is 0.496 e. The van der Waals surface area contributed by atoms with Crippen molar-refractivity contribution in [1.29, 1.82) is 5.26 Å². The Labute approximate surface area is 165 Å². The minimum atomic E-state index is -0.601. The van der Waals surface area contributed by atoms with Gasteiger partial charge in [-0.15, -0.1) is 11.8 Å². The highest BCUT2D eigenvalue weighted by atomic mass is 32.2. The van der Waals surface area contributed by atoms with E-state index in [1.807, 2.05) is 12.3 Å². The van der Waals surface area contributed by atoms with Gasteiger partial charge in [0, 0.05) is 4.90 Å². The summed E-state index contributed by atoms with van der Waals surface area (Å²) in [4.78, 5) is 30.5. The average Bonchev–Trinajstić information content (AvgIpc) is 2.73. The summed E-state index contributed by atoms with van der Waals surface area (Å²) in [6.45, 7) is -0.427. The molecule has 7 nitrogen and oxygen atoms in total. The van der Waals surface area contributed by atoms with Gasteiger partial charge in [-0.25, -0.2) is 9.78 Å². The third kappa shape index (κ3) is 3.85. The third-order valence-electron chi connectivity index (χ3n) is 4.13. The Morgan fingerprint density at radius 1 is 1.29 bits per heavy atom. The van der Waals surface area contributed by atoms with Gasteiger partial charge in [0.1, 0.15) is 24.5 Å². The first-order chi connectivity index (χ1) is 13.6. The van der Waals surface area contributed by atoms with E-state index in [9.17, 15) is 9.59 Å². The molecular formula is C20H17N3O4S. The van der Waals surface area contributed by atoms with E-state index in [1.165, 1.54) is 23.4 Å². The molecule has 0 spiro atoms. The molecule has 8 heteroatoms. The predicted molar refractivity (Wildman–Crippen MR) is 106 cm³/mol. The van der Waals surface area contributed by atoms with Crippen molar-refractivity contribution in [3.63, 3.8) is 0 Å². The molecule has 0 aliphatic carbocycles. The predicted octanol–water partition coefficient (Wildman–Crippen LogP) is 3.01. The lowest BCUT2D eigenvalue weighted by molar-refractivity contribution is 0.0453. The average molecular weight is 395 g/mol. The number of ether oxygens (including phenoxy) is 2. The molecular weight excluding hydrogens is 378 g/mol. The molecule has 142 valence electrons. The highest BCUT2D eigenvalue weighted by Crippen LogP contribution is 2.26. The fraction of sp³-hybridized carbons (Fsp3) is 0.200. The van der Waals surface area contributed by atoms with E-state index >= 15 is 0 Å². The van der Waals surface area contributed by atoms with Crippen LogP contribution in [0, 0.1) is 11.3 Å². The lowest BCUT2D eigenvalue weighted by Crippen LogP contribution is -2.26. The number of para-hydroxylation sites is 1. The molecule has 3 aromatic rings. The van der Waals surface area contributed by atoms with Crippen LogP contribution in [0.3, 0.4) is 0 Å². The maximum Gasteiger partial charge on any atom is 0.342 e. The van der Waals surface area contributed by atoms with Gasteiger partial charge in [0.25, 0.3) is 5.56 Å². The second-order valence-corrected chi connectivity index (χ2v) is 6.62. The first kappa shape index (κ1) is 19.5. The number of nitriles is 1. The van der Waals surface area contributed by atoms with Crippen molar-refractivity contribution in [2.24, 2.45) is 0 Å². The molecule has 1 aromatic heterocycles. The quantitative estimate of drug-likeness (QED) is 0.468. The Morgan fingerprint density at radius 2 is 2.07 bits per heavy atom. The van der Waals surface area contributed by atoms with Crippen molar-refractivity contribution in [2.45, 2.75) is 18.0 Å². The molecule has 3 rings (SSSR count). The van der Waals surface area contributed by atoms with Gasteiger partial charge in [0.05, 0.1) is 24.1 Å². The second kappa shape index (κ2) is 8.59. The van der Waals surface area contributed by atoms with Crippen molar-refractivity contribution in [3.05, 3.63) is 64.2 Å². The number of rotatable bonds is 6. The minimum absolute atomic E-state index is 0.185. The Bertz CT molecular complexity index is 1130. The van der Waals surface area contributed by atoms with Crippen LogP contribution in [0.2, 0.25) is 0 Å². The Balaban J connectivity index is 1.91. The molecule has 0 amide bonds. The fourth-order valence-electron chi connectivity index (χ4n) is 2.73. The van der Waals surface area contributed by atoms with Crippen molar-refractivity contribution < 1.29 is 14.3 Å². The second-order valence-electron chi connectivity index (χ2n) is 5.74. The van der Waals surface area contributed by atoms with Crippen LogP contribution >= 0.6 is 11.8 Å². The normalized spacial score (nSPS) is 10.5. The van der Waals surface area contributed by atoms with Gasteiger partial charge >= 0.3 is 5.97 Å². The summed E-state index contributed by atoms with van der Waals surface area (Å²) in [5, 5.41) is 9.45. The van der Waals surface area contributed by atoms with Crippen LogP contribution in [0.5, 0.6) is 5.75 Å². The van der Waals surface area contributed by atoms with Gasteiger partial charge in [-0.3, -0.25) is 9.36 Å². The van der Waals surface area contributed by atoms with E-state index in [0.717, 1.165) is 4.90 Å². The number of hydrogen-bond acceptors (Lipinski definition) is 7. The number of esters is 1. The van der Waals surface area contributed by atoms with E-state index in [-0.39, 0.29) is 30.1 Å². The zero-order chi connectivity index (χ0) is 20.1. The lowest BCUT2D eigenvalue weighted by atomic mass is 10.2. The minimum Gasteiger partial charge on any atom is -0.496 e. The maximum atomic E-state index is 12.6. The SMILES string of the molecule is COc1cc(SC)ccc1C(=O)OCc1nc2ccccc2c(=O)n1CC#N. The smallest absolute Gasteiger partial charge is 0.342 e. The van der Waals surface area contributed by atoms with Gasteiger partial charge in [0.2, 0.25) is 0 Å². The van der Waals surface area contributed by atoms with E-state index in [2.05, 4.69) is 4.98 Å². The topological polar surface area (TPSA) is 94.2 Å². The number of nitrogens with zero attached hydrogens (tertiary/aromatic N) is 3. The Hall–Kier alpha value is -3.31. The van der Waals surface area contributed by atoms with Gasteiger partial charge in [-0.05, 0) is 36.6 Å². The Morgan fingerprint density at radius 3 is 2.79 bits per heavy atom.